The molecule has 2 aromatic carbocycles. The number of rotatable bonds is 6. The van der Waals surface area contributed by atoms with Crippen LogP contribution in [0.3, 0.4) is 0 Å². The Kier molecular flexibility index (Phi) is 6.06. The monoisotopic (exact) mass is 466 g/mol. The van der Waals surface area contributed by atoms with Crippen molar-refractivity contribution >= 4 is 23.5 Å². The number of hydrogen-bond donors (Lipinski definition) is 0. The lowest BCUT2D eigenvalue weighted by molar-refractivity contribution is -0.132. The van der Waals surface area contributed by atoms with Gasteiger partial charge in [0.2, 0.25) is 5.91 Å². The van der Waals surface area contributed by atoms with Crippen molar-refractivity contribution in [2.75, 3.05) is 32.7 Å². The summed E-state index contributed by atoms with van der Waals surface area (Å²) < 4.78 is 6.65. The SMILES string of the molecule is O=C1OCc2cc(CCN3CCN(C(=O)Cc4ccc(-n5cnnn5)cc4)CC3)cc(Cl)c21. The molecule has 0 aliphatic carbocycles. The topological polar surface area (TPSA) is 93.5 Å². The summed E-state index contributed by atoms with van der Waals surface area (Å²) >= 11 is 6.28. The van der Waals surface area contributed by atoms with Crippen LogP contribution in [0.15, 0.2) is 42.7 Å². The first-order valence-electron chi connectivity index (χ1n) is 10.9. The number of amides is 1. The van der Waals surface area contributed by atoms with Crippen molar-refractivity contribution in [3.05, 3.63) is 70.0 Å². The van der Waals surface area contributed by atoms with Crippen molar-refractivity contribution in [1.82, 2.24) is 30.0 Å². The Morgan fingerprint density at radius 1 is 1.06 bits per heavy atom. The van der Waals surface area contributed by atoms with E-state index >= 15 is 0 Å². The Morgan fingerprint density at radius 2 is 1.85 bits per heavy atom. The Balaban J connectivity index is 1.10. The first kappa shape index (κ1) is 21.5. The van der Waals surface area contributed by atoms with E-state index in [0.29, 0.717) is 23.6 Å². The highest BCUT2D eigenvalue weighted by Crippen LogP contribution is 2.29. The minimum atomic E-state index is -0.342. The number of hydrogen-bond acceptors (Lipinski definition) is 7. The van der Waals surface area contributed by atoms with Gasteiger partial charge in [-0.15, -0.1) is 5.10 Å². The molecule has 0 N–H and O–H groups in total. The molecule has 1 amide bonds. The number of esters is 1. The number of nitrogens with zero attached hydrogens (tertiary/aromatic N) is 6. The van der Waals surface area contributed by atoms with Crippen molar-refractivity contribution in [3.63, 3.8) is 0 Å². The van der Waals surface area contributed by atoms with Crippen molar-refractivity contribution < 1.29 is 14.3 Å². The quantitative estimate of drug-likeness (QED) is 0.512. The molecule has 0 unspecified atom stereocenters. The second kappa shape index (κ2) is 9.29. The molecular formula is C23H23ClN6O3. The van der Waals surface area contributed by atoms with E-state index in [1.807, 2.05) is 41.3 Å². The molecule has 5 rings (SSSR count). The van der Waals surface area contributed by atoms with Gasteiger partial charge in [-0.2, -0.15) is 0 Å². The van der Waals surface area contributed by atoms with E-state index in [0.717, 1.165) is 61.5 Å². The molecular weight excluding hydrogens is 444 g/mol. The average molecular weight is 467 g/mol. The van der Waals surface area contributed by atoms with Gasteiger partial charge in [0.15, 0.2) is 0 Å². The van der Waals surface area contributed by atoms with Crippen LogP contribution in [-0.2, 0) is 29.0 Å². The van der Waals surface area contributed by atoms with Crippen molar-refractivity contribution in [3.8, 4) is 5.69 Å². The van der Waals surface area contributed by atoms with E-state index in [9.17, 15) is 9.59 Å². The van der Waals surface area contributed by atoms with Crippen LogP contribution < -0.4 is 0 Å². The number of piperazine rings is 1. The van der Waals surface area contributed by atoms with Gasteiger partial charge in [-0.1, -0.05) is 29.8 Å². The van der Waals surface area contributed by atoms with Crippen LogP contribution in [0, 0.1) is 0 Å². The molecule has 0 atom stereocenters. The molecule has 2 aliphatic heterocycles. The molecule has 3 aromatic rings. The highest BCUT2D eigenvalue weighted by Gasteiger charge is 2.25. The number of halogens is 1. The molecule has 0 saturated carbocycles. The lowest BCUT2D eigenvalue weighted by Gasteiger charge is -2.35. The standard InChI is InChI=1S/C23H23ClN6O3/c24-20-12-17(11-18-14-33-23(32)22(18)20)5-6-28-7-9-29(10-8-28)21(31)13-16-1-3-19(4-2-16)30-15-25-26-27-30/h1-4,11-12,15H,5-10,13-14H2. The van der Waals surface area contributed by atoms with Crippen LogP contribution in [0.4, 0.5) is 0 Å². The van der Waals surface area contributed by atoms with E-state index in [1.165, 1.54) is 6.33 Å². The van der Waals surface area contributed by atoms with Crippen LogP contribution in [0.5, 0.6) is 0 Å². The zero-order valence-corrected chi connectivity index (χ0v) is 18.7. The fourth-order valence-corrected chi connectivity index (χ4v) is 4.61. The van der Waals surface area contributed by atoms with Crippen LogP contribution in [0.2, 0.25) is 5.02 Å². The summed E-state index contributed by atoms with van der Waals surface area (Å²) in [6.07, 6.45) is 2.75. The number of tetrazole rings is 1. The molecule has 2 aliphatic rings. The fraction of sp³-hybridized carbons (Fsp3) is 0.348. The van der Waals surface area contributed by atoms with Gasteiger partial charge in [-0.25, -0.2) is 9.48 Å². The normalized spacial score (nSPS) is 16.0. The third-order valence-electron chi connectivity index (χ3n) is 6.14. The van der Waals surface area contributed by atoms with Gasteiger partial charge in [0.25, 0.3) is 0 Å². The van der Waals surface area contributed by atoms with E-state index in [-0.39, 0.29) is 11.9 Å². The van der Waals surface area contributed by atoms with E-state index in [2.05, 4.69) is 20.4 Å². The number of benzene rings is 2. The number of cyclic esters (lactones) is 1. The predicted molar refractivity (Wildman–Crippen MR) is 120 cm³/mol. The molecule has 10 heteroatoms. The number of aromatic nitrogens is 4. The lowest BCUT2D eigenvalue weighted by Crippen LogP contribution is -2.49. The fourth-order valence-electron chi connectivity index (χ4n) is 4.27. The summed E-state index contributed by atoms with van der Waals surface area (Å²) in [5.41, 5.74) is 4.28. The minimum absolute atomic E-state index is 0.139. The summed E-state index contributed by atoms with van der Waals surface area (Å²) in [6, 6.07) is 11.6. The molecule has 0 spiro atoms. The van der Waals surface area contributed by atoms with Gasteiger partial charge in [-0.3, -0.25) is 9.69 Å². The predicted octanol–water partition coefficient (Wildman–Crippen LogP) is 1.92. The van der Waals surface area contributed by atoms with Crippen molar-refractivity contribution in [2.45, 2.75) is 19.4 Å². The van der Waals surface area contributed by atoms with Gasteiger partial charge in [0.05, 0.1) is 22.7 Å². The molecule has 0 radical (unpaired) electrons. The van der Waals surface area contributed by atoms with E-state index < -0.39 is 0 Å². The minimum Gasteiger partial charge on any atom is -0.457 e. The van der Waals surface area contributed by atoms with Gasteiger partial charge in [-0.05, 0) is 46.2 Å². The van der Waals surface area contributed by atoms with Gasteiger partial charge in [0.1, 0.15) is 12.9 Å². The van der Waals surface area contributed by atoms with Gasteiger partial charge in [0, 0.05) is 38.3 Å². The number of ether oxygens (including phenoxy) is 1. The molecule has 33 heavy (non-hydrogen) atoms. The summed E-state index contributed by atoms with van der Waals surface area (Å²) in [7, 11) is 0. The second-order valence-corrected chi connectivity index (χ2v) is 8.67. The Morgan fingerprint density at radius 3 is 2.58 bits per heavy atom. The number of fused-ring (bicyclic) bond motifs is 1. The summed E-state index contributed by atoms with van der Waals surface area (Å²) in [5.74, 6) is -0.203. The molecule has 3 heterocycles. The molecule has 1 fully saturated rings. The molecule has 1 saturated heterocycles. The lowest BCUT2D eigenvalue weighted by atomic mass is 10.0. The zero-order chi connectivity index (χ0) is 22.8. The molecule has 170 valence electrons. The van der Waals surface area contributed by atoms with Gasteiger partial charge < -0.3 is 9.64 Å². The molecule has 9 nitrogen and oxygen atoms in total. The summed E-state index contributed by atoms with van der Waals surface area (Å²) in [5, 5.41) is 11.6. The molecule has 0 bridgehead atoms. The number of carbonyl (C=O) groups is 2. The maximum Gasteiger partial charge on any atom is 0.340 e. The van der Waals surface area contributed by atoms with Crippen LogP contribution >= 0.6 is 11.6 Å². The molecule has 1 aromatic heterocycles. The van der Waals surface area contributed by atoms with Crippen LogP contribution in [0.25, 0.3) is 5.69 Å². The van der Waals surface area contributed by atoms with Crippen LogP contribution in [0.1, 0.15) is 27.0 Å². The maximum atomic E-state index is 12.8. The summed E-state index contributed by atoms with van der Waals surface area (Å²) in [6.45, 7) is 4.28. The maximum absolute atomic E-state index is 12.8. The van der Waals surface area contributed by atoms with Crippen molar-refractivity contribution in [2.24, 2.45) is 0 Å². The zero-order valence-electron chi connectivity index (χ0n) is 18.0. The third-order valence-corrected chi connectivity index (χ3v) is 6.44. The average Bonchev–Trinajstić information content (AvgIpc) is 3.49. The third kappa shape index (κ3) is 4.74. The largest absolute Gasteiger partial charge is 0.457 e. The Hall–Kier alpha value is -3.30. The Labute approximate surface area is 195 Å². The van der Waals surface area contributed by atoms with E-state index in [1.54, 1.807) is 4.68 Å². The Bertz CT molecular complexity index is 1160. The van der Waals surface area contributed by atoms with Crippen molar-refractivity contribution in [1.29, 1.82) is 0 Å². The summed E-state index contributed by atoms with van der Waals surface area (Å²) in [4.78, 5) is 28.8. The second-order valence-electron chi connectivity index (χ2n) is 8.26. The highest BCUT2D eigenvalue weighted by atomic mass is 35.5. The smallest absolute Gasteiger partial charge is 0.340 e. The first-order valence-corrected chi connectivity index (χ1v) is 11.3. The van der Waals surface area contributed by atoms with E-state index in [4.69, 9.17) is 16.3 Å². The first-order chi connectivity index (χ1) is 16.1. The number of carbonyl (C=O) groups excluding carboxylic acids is 2. The highest BCUT2D eigenvalue weighted by molar-refractivity contribution is 6.34. The van der Waals surface area contributed by atoms with Gasteiger partial charge >= 0.3 is 5.97 Å². The van der Waals surface area contributed by atoms with Crippen LogP contribution in [-0.4, -0.2) is 74.6 Å².